The number of rotatable bonds is 0. The highest BCUT2D eigenvalue weighted by Crippen LogP contribution is 2.28. The monoisotopic (exact) mass is 210 g/mol. The highest BCUT2D eigenvalue weighted by atomic mass is 16.2. The van der Waals surface area contributed by atoms with Crippen molar-refractivity contribution in [3.05, 3.63) is 0 Å². The van der Waals surface area contributed by atoms with Gasteiger partial charge in [-0.1, -0.05) is 12.8 Å². The number of hydrogen-bond acceptors (Lipinski definition) is 2. The van der Waals surface area contributed by atoms with Crippen LogP contribution in [0.2, 0.25) is 0 Å². The zero-order valence-electron chi connectivity index (χ0n) is 9.32. The molecule has 1 aliphatic carbocycles. The zero-order chi connectivity index (χ0) is 11.0. The molecule has 2 rings (SSSR count). The number of likely N-dealkylation sites (N-methyl/N-ethyl adjacent to an activating group) is 1. The van der Waals surface area contributed by atoms with Gasteiger partial charge in [0, 0.05) is 13.1 Å². The Kier molecular flexibility index (Phi) is 2.67. The molecule has 3 atom stereocenters. The van der Waals surface area contributed by atoms with Crippen LogP contribution in [0.15, 0.2) is 0 Å². The molecule has 2 fully saturated rings. The lowest BCUT2D eigenvalue weighted by Crippen LogP contribution is -2.43. The molecule has 4 nitrogen and oxygen atoms in total. The quantitative estimate of drug-likeness (QED) is 0.633. The maximum atomic E-state index is 12.1. The summed E-state index contributed by atoms with van der Waals surface area (Å²) in [7, 11) is 1.73. The fourth-order valence-electron chi connectivity index (χ4n) is 2.53. The summed E-state index contributed by atoms with van der Waals surface area (Å²) in [6, 6.07) is -0.255. The molecule has 1 saturated heterocycles. The minimum atomic E-state index is -0.330. The Balaban J connectivity index is 2.24. The van der Waals surface area contributed by atoms with Crippen LogP contribution >= 0.6 is 0 Å². The number of fused-ring (bicyclic) bond motifs is 1. The van der Waals surface area contributed by atoms with Crippen molar-refractivity contribution in [1.82, 2.24) is 10.2 Å². The number of amides is 2. The van der Waals surface area contributed by atoms with E-state index in [0.717, 1.165) is 25.7 Å². The van der Waals surface area contributed by atoms with E-state index in [4.69, 9.17) is 0 Å². The van der Waals surface area contributed by atoms with Crippen molar-refractivity contribution in [2.75, 3.05) is 7.05 Å². The van der Waals surface area contributed by atoms with Crippen LogP contribution in [0.5, 0.6) is 0 Å². The highest BCUT2D eigenvalue weighted by molar-refractivity contribution is 5.91. The fourth-order valence-corrected chi connectivity index (χ4v) is 2.53. The minimum Gasteiger partial charge on any atom is -0.351 e. The van der Waals surface area contributed by atoms with Gasteiger partial charge in [-0.2, -0.15) is 0 Å². The first-order chi connectivity index (χ1) is 7.11. The van der Waals surface area contributed by atoms with Crippen molar-refractivity contribution < 1.29 is 9.59 Å². The van der Waals surface area contributed by atoms with Crippen LogP contribution in [-0.4, -0.2) is 35.8 Å². The largest absolute Gasteiger partial charge is 0.351 e. The summed E-state index contributed by atoms with van der Waals surface area (Å²) < 4.78 is 0. The van der Waals surface area contributed by atoms with E-state index in [0.29, 0.717) is 0 Å². The molecule has 84 valence electrons. The van der Waals surface area contributed by atoms with Crippen LogP contribution in [0.25, 0.3) is 0 Å². The predicted molar refractivity (Wildman–Crippen MR) is 56.1 cm³/mol. The number of hydrogen-bond donors (Lipinski definition) is 1. The van der Waals surface area contributed by atoms with Gasteiger partial charge >= 0.3 is 0 Å². The molecule has 0 radical (unpaired) electrons. The first-order valence-electron chi connectivity index (χ1n) is 5.68. The summed E-state index contributed by atoms with van der Waals surface area (Å²) in [6.45, 7) is 1.78. The minimum absolute atomic E-state index is 0.0117. The Morgan fingerprint density at radius 1 is 1.27 bits per heavy atom. The summed E-state index contributed by atoms with van der Waals surface area (Å²) >= 11 is 0. The number of carbonyl (C=O) groups excluding carboxylic acids is 2. The highest BCUT2D eigenvalue weighted by Gasteiger charge is 2.39. The van der Waals surface area contributed by atoms with Crippen molar-refractivity contribution in [1.29, 1.82) is 0 Å². The van der Waals surface area contributed by atoms with E-state index < -0.39 is 0 Å². The molecule has 0 aromatic carbocycles. The van der Waals surface area contributed by atoms with Crippen molar-refractivity contribution in [2.45, 2.75) is 44.7 Å². The first-order valence-corrected chi connectivity index (χ1v) is 5.68. The Labute approximate surface area is 90.0 Å². The average molecular weight is 210 g/mol. The Morgan fingerprint density at radius 2 is 1.93 bits per heavy atom. The van der Waals surface area contributed by atoms with Crippen molar-refractivity contribution in [3.63, 3.8) is 0 Å². The third-order valence-electron chi connectivity index (χ3n) is 3.72. The second kappa shape index (κ2) is 3.83. The molecule has 1 saturated carbocycles. The van der Waals surface area contributed by atoms with E-state index in [1.807, 2.05) is 0 Å². The van der Waals surface area contributed by atoms with Gasteiger partial charge in [-0.05, 0) is 19.8 Å². The van der Waals surface area contributed by atoms with Crippen LogP contribution in [0.3, 0.4) is 0 Å². The van der Waals surface area contributed by atoms with Gasteiger partial charge in [0.25, 0.3) is 0 Å². The maximum Gasteiger partial charge on any atom is 0.242 e. The second-order valence-electron chi connectivity index (χ2n) is 4.63. The van der Waals surface area contributed by atoms with Crippen LogP contribution in [0.4, 0.5) is 0 Å². The number of carbonyl (C=O) groups is 2. The van der Waals surface area contributed by atoms with Gasteiger partial charge in [0.15, 0.2) is 0 Å². The van der Waals surface area contributed by atoms with Gasteiger partial charge in [-0.15, -0.1) is 0 Å². The van der Waals surface area contributed by atoms with Gasteiger partial charge in [0.2, 0.25) is 11.8 Å². The topological polar surface area (TPSA) is 49.4 Å². The van der Waals surface area contributed by atoms with Crippen molar-refractivity contribution >= 4 is 11.8 Å². The summed E-state index contributed by atoms with van der Waals surface area (Å²) in [4.78, 5) is 25.4. The zero-order valence-corrected chi connectivity index (χ0v) is 9.32. The van der Waals surface area contributed by atoms with Gasteiger partial charge in [-0.25, -0.2) is 0 Å². The van der Waals surface area contributed by atoms with Gasteiger partial charge in [0.05, 0.1) is 5.92 Å². The van der Waals surface area contributed by atoms with Gasteiger partial charge < -0.3 is 10.2 Å². The molecule has 1 heterocycles. The summed E-state index contributed by atoms with van der Waals surface area (Å²) in [5, 5.41) is 2.99. The molecule has 15 heavy (non-hydrogen) atoms. The van der Waals surface area contributed by atoms with E-state index in [1.165, 1.54) is 0 Å². The van der Waals surface area contributed by atoms with E-state index in [9.17, 15) is 9.59 Å². The van der Waals surface area contributed by atoms with Crippen LogP contribution < -0.4 is 5.32 Å². The van der Waals surface area contributed by atoms with Crippen LogP contribution in [0, 0.1) is 5.92 Å². The molecule has 1 N–H and O–H groups in total. The molecule has 0 aromatic heterocycles. The molecule has 0 spiro atoms. The lowest BCUT2D eigenvalue weighted by atomic mass is 9.84. The van der Waals surface area contributed by atoms with Gasteiger partial charge in [0.1, 0.15) is 6.04 Å². The molecule has 0 bridgehead atoms. The number of nitrogens with one attached hydrogen (secondary N) is 1. The smallest absolute Gasteiger partial charge is 0.242 e. The van der Waals surface area contributed by atoms with E-state index in [-0.39, 0.29) is 29.8 Å². The summed E-state index contributed by atoms with van der Waals surface area (Å²) in [5.41, 5.74) is 0. The number of nitrogens with zero attached hydrogens (tertiary/aromatic N) is 1. The predicted octanol–water partition coefficient (Wildman–Crippen LogP) is 0.522. The summed E-state index contributed by atoms with van der Waals surface area (Å²) in [6.07, 6.45) is 4.08. The molecular weight excluding hydrogens is 192 g/mol. The Bertz CT molecular complexity index is 290. The Morgan fingerprint density at radius 3 is 2.67 bits per heavy atom. The van der Waals surface area contributed by atoms with E-state index in [2.05, 4.69) is 5.32 Å². The fraction of sp³-hybridized carbons (Fsp3) is 0.818. The lowest BCUT2D eigenvalue weighted by Gasteiger charge is -2.29. The SMILES string of the molecule is C[C@H]1C(=O)N[C@H]2CCCC[C@H]2C(=O)N1C. The Hall–Kier alpha value is -1.06. The van der Waals surface area contributed by atoms with E-state index >= 15 is 0 Å². The third kappa shape index (κ3) is 1.73. The molecule has 1 aliphatic heterocycles. The standard InChI is InChI=1S/C11H18N2O2/c1-7-10(14)12-9-6-4-3-5-8(9)11(15)13(7)2/h7-9H,3-6H2,1-2H3,(H,12,14)/t7-,8+,9-/m0/s1. The van der Waals surface area contributed by atoms with Gasteiger partial charge in [-0.3, -0.25) is 9.59 Å². The molecule has 4 heteroatoms. The first kappa shape index (κ1) is 10.5. The normalized spacial score (nSPS) is 36.9. The third-order valence-corrected chi connectivity index (χ3v) is 3.72. The average Bonchev–Trinajstić information content (AvgIpc) is 2.32. The van der Waals surface area contributed by atoms with E-state index in [1.54, 1.807) is 18.9 Å². The summed E-state index contributed by atoms with van der Waals surface area (Å²) in [5.74, 6) is 0.128. The molecule has 2 amide bonds. The second-order valence-corrected chi connectivity index (χ2v) is 4.63. The molecule has 0 aromatic rings. The van der Waals surface area contributed by atoms with Crippen molar-refractivity contribution in [3.8, 4) is 0 Å². The van der Waals surface area contributed by atoms with Crippen LogP contribution in [-0.2, 0) is 9.59 Å². The molecule has 0 unspecified atom stereocenters. The molecular formula is C11H18N2O2. The van der Waals surface area contributed by atoms with Crippen molar-refractivity contribution in [2.24, 2.45) is 5.92 Å². The molecule has 2 aliphatic rings. The van der Waals surface area contributed by atoms with Crippen LogP contribution in [0.1, 0.15) is 32.6 Å². The lowest BCUT2D eigenvalue weighted by molar-refractivity contribution is -0.138. The maximum absolute atomic E-state index is 12.1.